The Morgan fingerprint density at radius 3 is 2.23 bits per heavy atom. The molecule has 0 atom stereocenters. The van der Waals surface area contributed by atoms with Crippen LogP contribution in [-0.4, -0.2) is 29.9 Å². The summed E-state index contributed by atoms with van der Waals surface area (Å²) in [6.45, 7) is 5.64. The van der Waals surface area contributed by atoms with Gasteiger partial charge in [-0.1, -0.05) is 42.0 Å². The number of methoxy groups -OCH3 is 1. The molecule has 0 bridgehead atoms. The second-order valence-corrected chi connectivity index (χ2v) is 6.52. The van der Waals surface area contributed by atoms with Crippen molar-refractivity contribution in [2.24, 2.45) is 0 Å². The van der Waals surface area contributed by atoms with Crippen LogP contribution in [0.3, 0.4) is 0 Å². The second kappa shape index (κ2) is 7.04. The summed E-state index contributed by atoms with van der Waals surface area (Å²) in [5, 5.41) is 3.13. The molecule has 0 fully saturated rings. The Morgan fingerprint density at radius 1 is 0.962 bits per heavy atom. The fraction of sp³-hybridized carbons (Fsp3) is 0.238. The number of rotatable bonds is 5. The van der Waals surface area contributed by atoms with Crippen LogP contribution in [0.25, 0.3) is 5.57 Å². The molecule has 5 nitrogen and oxygen atoms in total. The Kier molecular flexibility index (Phi) is 4.80. The van der Waals surface area contributed by atoms with E-state index in [1.54, 1.807) is 13.2 Å². The van der Waals surface area contributed by atoms with Crippen LogP contribution in [-0.2, 0) is 9.59 Å². The number of carbonyl (C=O) groups excluding carboxylic acids is 2. The van der Waals surface area contributed by atoms with Gasteiger partial charge in [-0.15, -0.1) is 0 Å². The molecule has 1 heterocycles. The maximum absolute atomic E-state index is 13.0. The molecule has 1 N–H and O–H groups in total. The number of aryl methyl sites for hydroxylation is 1. The van der Waals surface area contributed by atoms with Crippen LogP contribution in [0, 0.1) is 6.92 Å². The molecule has 2 aromatic rings. The summed E-state index contributed by atoms with van der Waals surface area (Å²) in [4.78, 5) is 27.2. The third kappa shape index (κ3) is 3.08. The lowest BCUT2D eigenvalue weighted by atomic mass is 10.0. The summed E-state index contributed by atoms with van der Waals surface area (Å²) in [7, 11) is 1.57. The Labute approximate surface area is 153 Å². The minimum absolute atomic E-state index is 0.229. The van der Waals surface area contributed by atoms with E-state index in [2.05, 4.69) is 5.32 Å². The van der Waals surface area contributed by atoms with E-state index in [1.165, 1.54) is 4.90 Å². The SMILES string of the molecule is COc1ccccc1NC1=C(c2ccc(C)cc2)C(=O)N(C(C)C)C1=O. The zero-order chi connectivity index (χ0) is 18.8. The van der Waals surface area contributed by atoms with Gasteiger partial charge in [0.2, 0.25) is 0 Å². The minimum Gasteiger partial charge on any atom is -0.495 e. The highest BCUT2D eigenvalue weighted by atomic mass is 16.5. The fourth-order valence-electron chi connectivity index (χ4n) is 3.00. The van der Waals surface area contributed by atoms with Crippen molar-refractivity contribution in [1.29, 1.82) is 0 Å². The van der Waals surface area contributed by atoms with Gasteiger partial charge in [-0.05, 0) is 38.5 Å². The molecule has 1 aliphatic rings. The monoisotopic (exact) mass is 350 g/mol. The van der Waals surface area contributed by atoms with Gasteiger partial charge in [-0.2, -0.15) is 0 Å². The third-order valence-electron chi connectivity index (χ3n) is 4.34. The molecular formula is C21H22N2O3. The van der Waals surface area contributed by atoms with Crippen molar-refractivity contribution in [3.63, 3.8) is 0 Å². The molecule has 0 spiro atoms. The molecule has 5 heteroatoms. The van der Waals surface area contributed by atoms with Gasteiger partial charge in [-0.3, -0.25) is 14.5 Å². The molecule has 0 radical (unpaired) electrons. The van der Waals surface area contributed by atoms with Crippen LogP contribution in [0.4, 0.5) is 5.69 Å². The smallest absolute Gasteiger partial charge is 0.278 e. The van der Waals surface area contributed by atoms with Gasteiger partial charge in [0.15, 0.2) is 0 Å². The summed E-state index contributed by atoms with van der Waals surface area (Å²) in [5.74, 6) is -0.00997. The molecule has 0 unspecified atom stereocenters. The van der Waals surface area contributed by atoms with Crippen LogP contribution >= 0.6 is 0 Å². The molecule has 3 rings (SSSR count). The zero-order valence-electron chi connectivity index (χ0n) is 15.4. The summed E-state index contributed by atoms with van der Waals surface area (Å²) in [6, 6.07) is 14.7. The third-order valence-corrected chi connectivity index (χ3v) is 4.34. The number of nitrogens with zero attached hydrogens (tertiary/aromatic N) is 1. The summed E-state index contributed by atoms with van der Waals surface area (Å²) < 4.78 is 5.35. The van der Waals surface area contributed by atoms with E-state index in [4.69, 9.17) is 4.74 Å². The number of hydrogen-bond acceptors (Lipinski definition) is 4. The summed E-state index contributed by atoms with van der Waals surface area (Å²) in [5.41, 5.74) is 3.11. The topological polar surface area (TPSA) is 58.6 Å². The second-order valence-electron chi connectivity index (χ2n) is 6.52. The lowest BCUT2D eigenvalue weighted by Crippen LogP contribution is -2.38. The van der Waals surface area contributed by atoms with Crippen molar-refractivity contribution >= 4 is 23.1 Å². The highest BCUT2D eigenvalue weighted by Crippen LogP contribution is 2.34. The lowest BCUT2D eigenvalue weighted by Gasteiger charge is -2.19. The predicted molar refractivity (Wildman–Crippen MR) is 102 cm³/mol. The zero-order valence-corrected chi connectivity index (χ0v) is 15.4. The normalized spacial score (nSPS) is 14.4. The van der Waals surface area contributed by atoms with Gasteiger partial charge in [0.05, 0.1) is 18.4 Å². The first-order valence-corrected chi connectivity index (χ1v) is 8.53. The first-order valence-electron chi connectivity index (χ1n) is 8.53. The quantitative estimate of drug-likeness (QED) is 0.837. The molecule has 134 valence electrons. The molecule has 0 aliphatic carbocycles. The van der Waals surface area contributed by atoms with Crippen LogP contribution in [0.2, 0.25) is 0 Å². The molecule has 26 heavy (non-hydrogen) atoms. The molecule has 0 aromatic heterocycles. The molecule has 2 aromatic carbocycles. The summed E-state index contributed by atoms with van der Waals surface area (Å²) in [6.07, 6.45) is 0. The molecule has 1 aliphatic heterocycles. The molecule has 0 saturated heterocycles. The Morgan fingerprint density at radius 2 is 1.62 bits per heavy atom. The van der Waals surface area contributed by atoms with E-state index in [1.807, 2.05) is 63.2 Å². The van der Waals surface area contributed by atoms with Crippen molar-refractivity contribution in [3.05, 3.63) is 65.4 Å². The Bertz CT molecular complexity index is 882. The van der Waals surface area contributed by atoms with Crippen LogP contribution in [0.5, 0.6) is 5.75 Å². The number of amides is 2. The number of anilines is 1. The van der Waals surface area contributed by atoms with E-state index in [9.17, 15) is 9.59 Å². The highest BCUT2D eigenvalue weighted by molar-refractivity contribution is 6.36. The van der Waals surface area contributed by atoms with E-state index >= 15 is 0 Å². The van der Waals surface area contributed by atoms with Gasteiger partial charge in [0, 0.05) is 6.04 Å². The number of benzene rings is 2. The number of imide groups is 1. The number of para-hydroxylation sites is 2. The predicted octanol–water partition coefficient (Wildman–Crippen LogP) is 3.60. The minimum atomic E-state index is -0.327. The number of hydrogen-bond donors (Lipinski definition) is 1. The van der Waals surface area contributed by atoms with Gasteiger partial charge < -0.3 is 10.1 Å². The largest absolute Gasteiger partial charge is 0.495 e. The number of carbonyl (C=O) groups is 2. The van der Waals surface area contributed by atoms with E-state index < -0.39 is 0 Å². The van der Waals surface area contributed by atoms with Crippen molar-refractivity contribution < 1.29 is 14.3 Å². The van der Waals surface area contributed by atoms with Crippen LogP contribution in [0.1, 0.15) is 25.0 Å². The van der Waals surface area contributed by atoms with Crippen LogP contribution in [0.15, 0.2) is 54.2 Å². The van der Waals surface area contributed by atoms with Gasteiger partial charge in [-0.25, -0.2) is 0 Å². The molecule has 2 amide bonds. The van der Waals surface area contributed by atoms with Gasteiger partial charge >= 0.3 is 0 Å². The van der Waals surface area contributed by atoms with Crippen molar-refractivity contribution in [3.8, 4) is 5.75 Å². The average Bonchev–Trinajstić information content (AvgIpc) is 2.86. The van der Waals surface area contributed by atoms with E-state index in [-0.39, 0.29) is 23.6 Å². The molecule has 0 saturated carbocycles. The van der Waals surface area contributed by atoms with Crippen molar-refractivity contribution in [1.82, 2.24) is 4.90 Å². The van der Waals surface area contributed by atoms with E-state index in [0.717, 1.165) is 11.1 Å². The average molecular weight is 350 g/mol. The number of nitrogens with one attached hydrogen (secondary N) is 1. The lowest BCUT2D eigenvalue weighted by molar-refractivity contribution is -0.138. The molecular weight excluding hydrogens is 328 g/mol. The maximum atomic E-state index is 13.0. The first kappa shape index (κ1) is 17.7. The van der Waals surface area contributed by atoms with Crippen molar-refractivity contribution in [2.75, 3.05) is 12.4 Å². The number of ether oxygens (including phenoxy) is 1. The van der Waals surface area contributed by atoms with Gasteiger partial charge in [0.1, 0.15) is 11.4 Å². The van der Waals surface area contributed by atoms with Crippen molar-refractivity contribution in [2.45, 2.75) is 26.8 Å². The van der Waals surface area contributed by atoms with Crippen LogP contribution < -0.4 is 10.1 Å². The van der Waals surface area contributed by atoms with Gasteiger partial charge in [0.25, 0.3) is 11.8 Å². The fourth-order valence-corrected chi connectivity index (χ4v) is 3.00. The highest BCUT2D eigenvalue weighted by Gasteiger charge is 2.40. The van der Waals surface area contributed by atoms with E-state index in [0.29, 0.717) is 17.0 Å². The standard InChI is InChI=1S/C21H22N2O3/c1-13(2)23-20(24)18(15-11-9-14(3)10-12-15)19(21(23)25)22-16-7-5-6-8-17(16)26-4/h5-13,22H,1-4H3. The maximum Gasteiger partial charge on any atom is 0.278 e. The first-order chi connectivity index (χ1) is 12.4. The summed E-state index contributed by atoms with van der Waals surface area (Å²) >= 11 is 0. The Hall–Kier alpha value is -3.08. The Balaban J connectivity index is 2.12.